The topological polar surface area (TPSA) is 75.4 Å². The van der Waals surface area contributed by atoms with Crippen LogP contribution in [-0.4, -0.2) is 17.6 Å². The fourth-order valence-electron chi connectivity index (χ4n) is 1.11. The van der Waals surface area contributed by atoms with Crippen LogP contribution in [0.15, 0.2) is 24.3 Å². The lowest BCUT2D eigenvalue weighted by molar-refractivity contribution is -0.116. The summed E-state index contributed by atoms with van der Waals surface area (Å²) in [6.07, 6.45) is 2.88. The molecule has 0 fully saturated rings. The summed E-state index contributed by atoms with van der Waals surface area (Å²) < 4.78 is 0. The van der Waals surface area contributed by atoms with Crippen LogP contribution >= 0.6 is 0 Å². The van der Waals surface area contributed by atoms with Gasteiger partial charge in [0.25, 0.3) is 0 Å². The van der Waals surface area contributed by atoms with Crippen LogP contribution in [0.25, 0.3) is 6.08 Å². The second-order valence-corrected chi connectivity index (χ2v) is 3.05. The number of carbonyl (C=O) groups excluding carboxylic acids is 1. The summed E-state index contributed by atoms with van der Waals surface area (Å²) in [6, 6.07) is 4.69. The van der Waals surface area contributed by atoms with E-state index in [0.717, 1.165) is 0 Å². The number of nitrogens with one attached hydrogen (secondary N) is 1. The maximum absolute atomic E-state index is 11.1. The highest BCUT2D eigenvalue weighted by Crippen LogP contribution is 2.20. The maximum Gasteiger partial charge on any atom is 0.243 e. The lowest BCUT2D eigenvalue weighted by Crippen LogP contribution is -2.19. The summed E-state index contributed by atoms with van der Waals surface area (Å²) in [5.41, 5.74) is 6.62. The highest BCUT2D eigenvalue weighted by Gasteiger charge is 1.98. The molecule has 15 heavy (non-hydrogen) atoms. The Hall–Kier alpha value is -1.97. The smallest absolute Gasteiger partial charge is 0.243 e. The minimum absolute atomic E-state index is 0.102. The van der Waals surface area contributed by atoms with Crippen LogP contribution in [0.4, 0.5) is 5.69 Å². The lowest BCUT2D eigenvalue weighted by atomic mass is 10.1. The second-order valence-electron chi connectivity index (χ2n) is 3.05. The number of benzene rings is 1. The summed E-state index contributed by atoms with van der Waals surface area (Å²) in [4.78, 5) is 11.1. The number of rotatable bonds is 3. The molecular formula is C11H14N2O2. The Bertz CT molecular complexity index is 386. The molecule has 1 rings (SSSR count). The molecule has 0 aliphatic rings. The normalized spacial score (nSPS) is 10.5. The Kier molecular flexibility index (Phi) is 3.74. The fourth-order valence-corrected chi connectivity index (χ4v) is 1.11. The van der Waals surface area contributed by atoms with Gasteiger partial charge in [-0.25, -0.2) is 0 Å². The van der Waals surface area contributed by atoms with Crippen molar-refractivity contribution in [2.45, 2.75) is 6.92 Å². The van der Waals surface area contributed by atoms with Crippen LogP contribution in [0.2, 0.25) is 0 Å². The largest absolute Gasteiger partial charge is 0.507 e. The predicted octanol–water partition coefficient (Wildman–Crippen LogP) is 1.12. The average molecular weight is 206 g/mol. The number of anilines is 1. The number of hydrogen-bond donors (Lipinski definition) is 3. The number of aromatic hydroxyl groups is 1. The van der Waals surface area contributed by atoms with Crippen molar-refractivity contribution in [3.8, 4) is 5.75 Å². The molecule has 0 aliphatic heterocycles. The van der Waals surface area contributed by atoms with Crippen molar-refractivity contribution in [3.05, 3.63) is 29.8 Å². The first kappa shape index (κ1) is 11.1. The Morgan fingerprint density at radius 1 is 1.60 bits per heavy atom. The van der Waals surface area contributed by atoms with Crippen LogP contribution in [0.1, 0.15) is 12.5 Å². The van der Waals surface area contributed by atoms with E-state index in [-0.39, 0.29) is 11.7 Å². The SMILES string of the molecule is CCNC(=O)/C=C/c1cc(N)ccc1O. The Morgan fingerprint density at radius 3 is 3.00 bits per heavy atom. The van der Waals surface area contributed by atoms with E-state index >= 15 is 0 Å². The van der Waals surface area contributed by atoms with Crippen molar-refractivity contribution in [2.75, 3.05) is 12.3 Å². The molecule has 0 aliphatic carbocycles. The molecule has 0 unspecified atom stereocenters. The van der Waals surface area contributed by atoms with Gasteiger partial charge in [0.2, 0.25) is 5.91 Å². The van der Waals surface area contributed by atoms with Crippen molar-refractivity contribution < 1.29 is 9.90 Å². The molecule has 80 valence electrons. The van der Waals surface area contributed by atoms with Gasteiger partial charge < -0.3 is 16.2 Å². The highest BCUT2D eigenvalue weighted by atomic mass is 16.3. The summed E-state index contributed by atoms with van der Waals surface area (Å²) in [7, 11) is 0. The van der Waals surface area contributed by atoms with Gasteiger partial charge in [-0.05, 0) is 31.2 Å². The van der Waals surface area contributed by atoms with E-state index in [1.54, 1.807) is 12.1 Å². The van der Waals surface area contributed by atoms with Crippen LogP contribution in [0.5, 0.6) is 5.75 Å². The first-order chi connectivity index (χ1) is 7.13. The summed E-state index contributed by atoms with van der Waals surface area (Å²) in [5, 5.41) is 12.1. The zero-order valence-corrected chi connectivity index (χ0v) is 8.53. The van der Waals surface area contributed by atoms with Gasteiger partial charge in [0.1, 0.15) is 5.75 Å². The van der Waals surface area contributed by atoms with Crippen molar-refractivity contribution in [3.63, 3.8) is 0 Å². The van der Waals surface area contributed by atoms with Gasteiger partial charge in [-0.3, -0.25) is 4.79 Å². The third kappa shape index (κ3) is 3.34. The van der Waals surface area contributed by atoms with Gasteiger partial charge in [-0.2, -0.15) is 0 Å². The van der Waals surface area contributed by atoms with Gasteiger partial charge in [0.15, 0.2) is 0 Å². The van der Waals surface area contributed by atoms with Gasteiger partial charge in [0.05, 0.1) is 0 Å². The summed E-state index contributed by atoms with van der Waals surface area (Å²) >= 11 is 0. The van der Waals surface area contributed by atoms with Gasteiger partial charge in [-0.15, -0.1) is 0 Å². The minimum atomic E-state index is -0.195. The molecule has 4 heteroatoms. The summed E-state index contributed by atoms with van der Waals surface area (Å²) in [6.45, 7) is 2.41. The van der Waals surface area contributed by atoms with Gasteiger partial charge >= 0.3 is 0 Å². The van der Waals surface area contributed by atoms with Crippen molar-refractivity contribution >= 4 is 17.7 Å². The standard InChI is InChI=1S/C11H14N2O2/c1-2-13-11(15)6-3-8-7-9(12)4-5-10(8)14/h3-7,14H,2,12H2,1H3,(H,13,15)/b6-3+. The molecule has 0 atom stereocenters. The number of hydrogen-bond acceptors (Lipinski definition) is 3. The lowest BCUT2D eigenvalue weighted by Gasteiger charge is -2.00. The zero-order chi connectivity index (χ0) is 11.3. The van der Waals surface area contributed by atoms with E-state index in [1.165, 1.54) is 18.2 Å². The number of likely N-dealkylation sites (N-methyl/N-ethyl adjacent to an activating group) is 1. The van der Waals surface area contributed by atoms with Gasteiger partial charge in [0, 0.05) is 23.9 Å². The molecular weight excluding hydrogens is 192 g/mol. The Balaban J connectivity index is 2.79. The fraction of sp³-hybridized carbons (Fsp3) is 0.182. The average Bonchev–Trinajstić information content (AvgIpc) is 2.20. The number of phenolic OH excluding ortho intramolecular Hbond substituents is 1. The number of phenols is 1. The van der Waals surface area contributed by atoms with E-state index in [4.69, 9.17) is 5.73 Å². The van der Waals surface area contributed by atoms with Crippen molar-refractivity contribution in [2.24, 2.45) is 0 Å². The maximum atomic E-state index is 11.1. The zero-order valence-electron chi connectivity index (χ0n) is 8.53. The molecule has 0 spiro atoms. The molecule has 4 N–H and O–H groups in total. The highest BCUT2D eigenvalue weighted by molar-refractivity contribution is 5.92. The molecule has 0 heterocycles. The molecule has 0 bridgehead atoms. The first-order valence-corrected chi connectivity index (χ1v) is 4.68. The molecule has 1 amide bonds. The van der Waals surface area contributed by atoms with Crippen molar-refractivity contribution in [1.29, 1.82) is 0 Å². The van der Waals surface area contributed by atoms with E-state index < -0.39 is 0 Å². The molecule has 4 nitrogen and oxygen atoms in total. The minimum Gasteiger partial charge on any atom is -0.507 e. The quantitative estimate of drug-likeness (QED) is 0.394. The molecule has 0 radical (unpaired) electrons. The number of amides is 1. The first-order valence-electron chi connectivity index (χ1n) is 4.68. The molecule has 1 aromatic carbocycles. The second kappa shape index (κ2) is 5.05. The summed E-state index contributed by atoms with van der Waals surface area (Å²) in [5.74, 6) is -0.0935. The monoisotopic (exact) mass is 206 g/mol. The van der Waals surface area contributed by atoms with Crippen LogP contribution < -0.4 is 11.1 Å². The Morgan fingerprint density at radius 2 is 2.33 bits per heavy atom. The Labute approximate surface area is 88.4 Å². The van der Waals surface area contributed by atoms with Gasteiger partial charge in [-0.1, -0.05) is 0 Å². The van der Waals surface area contributed by atoms with E-state index in [9.17, 15) is 9.90 Å². The van der Waals surface area contributed by atoms with Crippen LogP contribution in [-0.2, 0) is 4.79 Å². The molecule has 0 saturated heterocycles. The van der Waals surface area contributed by atoms with Crippen LogP contribution in [0.3, 0.4) is 0 Å². The number of nitrogen functional groups attached to an aromatic ring is 1. The number of nitrogens with two attached hydrogens (primary N) is 1. The van der Waals surface area contributed by atoms with Crippen LogP contribution in [0, 0.1) is 0 Å². The van der Waals surface area contributed by atoms with E-state index in [1.807, 2.05) is 6.92 Å². The van der Waals surface area contributed by atoms with E-state index in [0.29, 0.717) is 17.8 Å². The predicted molar refractivity (Wildman–Crippen MR) is 60.2 cm³/mol. The third-order valence-corrected chi connectivity index (χ3v) is 1.82. The van der Waals surface area contributed by atoms with Crippen molar-refractivity contribution in [1.82, 2.24) is 5.32 Å². The molecule has 0 aromatic heterocycles. The van der Waals surface area contributed by atoms with E-state index in [2.05, 4.69) is 5.32 Å². The molecule has 0 saturated carbocycles. The number of carbonyl (C=O) groups is 1. The molecule has 1 aromatic rings. The third-order valence-electron chi connectivity index (χ3n) is 1.82.